The summed E-state index contributed by atoms with van der Waals surface area (Å²) in [5.41, 5.74) is 0.909. The molecule has 0 aromatic carbocycles. The van der Waals surface area contributed by atoms with Gasteiger partial charge in [0.2, 0.25) is 0 Å². The number of fused-ring (bicyclic) bond motifs is 1. The number of nitrogens with zero attached hydrogens (tertiary/aromatic N) is 3. The van der Waals surface area contributed by atoms with Crippen LogP contribution in [0.4, 0.5) is 5.82 Å². The third-order valence-electron chi connectivity index (χ3n) is 2.82. The molecular formula is C13H15N5. The van der Waals surface area contributed by atoms with Crippen molar-refractivity contribution in [2.75, 3.05) is 5.32 Å². The Balaban J connectivity index is 1.71. The fourth-order valence-electron chi connectivity index (χ4n) is 2.00. The Morgan fingerprint density at radius 2 is 2.33 bits per heavy atom. The van der Waals surface area contributed by atoms with Crippen LogP contribution in [0.25, 0.3) is 11.0 Å². The van der Waals surface area contributed by atoms with E-state index in [1.165, 1.54) is 0 Å². The van der Waals surface area contributed by atoms with Crippen molar-refractivity contribution in [3.63, 3.8) is 0 Å². The molecule has 18 heavy (non-hydrogen) atoms. The topological polar surface area (TPSA) is 58.5 Å². The van der Waals surface area contributed by atoms with Crippen LogP contribution in [0.5, 0.6) is 0 Å². The molecule has 5 heteroatoms. The SMILES string of the molecule is CC(Cn1cccn1)Nc1ccc2cc[nH]c2n1. The fraction of sp³-hybridized carbons (Fsp3) is 0.231. The van der Waals surface area contributed by atoms with Crippen molar-refractivity contribution in [2.24, 2.45) is 0 Å². The molecule has 3 heterocycles. The Morgan fingerprint density at radius 1 is 1.39 bits per heavy atom. The third kappa shape index (κ3) is 2.20. The fourth-order valence-corrected chi connectivity index (χ4v) is 2.00. The van der Waals surface area contributed by atoms with Crippen LogP contribution in [0.1, 0.15) is 6.92 Å². The van der Waals surface area contributed by atoms with Gasteiger partial charge in [0.05, 0.1) is 6.54 Å². The highest BCUT2D eigenvalue weighted by molar-refractivity contribution is 5.77. The number of aromatic amines is 1. The summed E-state index contributed by atoms with van der Waals surface area (Å²) in [6, 6.07) is 8.26. The first-order valence-corrected chi connectivity index (χ1v) is 5.99. The zero-order chi connectivity index (χ0) is 12.4. The van der Waals surface area contributed by atoms with Crippen LogP contribution in [0.2, 0.25) is 0 Å². The molecular weight excluding hydrogens is 226 g/mol. The molecule has 0 amide bonds. The van der Waals surface area contributed by atoms with Gasteiger partial charge in [0.1, 0.15) is 11.5 Å². The summed E-state index contributed by atoms with van der Waals surface area (Å²) in [4.78, 5) is 7.62. The van der Waals surface area contributed by atoms with Crippen molar-refractivity contribution in [3.05, 3.63) is 42.9 Å². The lowest BCUT2D eigenvalue weighted by atomic mass is 10.3. The first-order valence-electron chi connectivity index (χ1n) is 5.99. The molecule has 0 spiro atoms. The Hall–Kier alpha value is -2.30. The molecule has 92 valence electrons. The normalized spacial score (nSPS) is 12.7. The molecule has 1 atom stereocenters. The largest absolute Gasteiger partial charge is 0.366 e. The predicted octanol–water partition coefficient (Wildman–Crippen LogP) is 2.26. The minimum Gasteiger partial charge on any atom is -0.366 e. The van der Waals surface area contributed by atoms with E-state index in [0.717, 1.165) is 23.4 Å². The number of rotatable bonds is 4. The van der Waals surface area contributed by atoms with Crippen molar-refractivity contribution in [1.82, 2.24) is 19.7 Å². The summed E-state index contributed by atoms with van der Waals surface area (Å²) in [5.74, 6) is 0.879. The van der Waals surface area contributed by atoms with E-state index >= 15 is 0 Å². The summed E-state index contributed by atoms with van der Waals surface area (Å²) < 4.78 is 1.91. The lowest BCUT2D eigenvalue weighted by molar-refractivity contribution is 0.560. The molecule has 0 fully saturated rings. The van der Waals surface area contributed by atoms with Gasteiger partial charge in [-0.2, -0.15) is 5.10 Å². The van der Waals surface area contributed by atoms with Crippen LogP contribution in [-0.2, 0) is 6.54 Å². The number of anilines is 1. The van der Waals surface area contributed by atoms with Gasteiger partial charge in [-0.3, -0.25) is 4.68 Å². The van der Waals surface area contributed by atoms with E-state index in [2.05, 4.69) is 33.4 Å². The van der Waals surface area contributed by atoms with Crippen molar-refractivity contribution >= 4 is 16.9 Å². The van der Waals surface area contributed by atoms with Crippen molar-refractivity contribution < 1.29 is 0 Å². The summed E-state index contributed by atoms with van der Waals surface area (Å²) in [5, 5.41) is 8.68. The highest BCUT2D eigenvalue weighted by atomic mass is 15.3. The van der Waals surface area contributed by atoms with Gasteiger partial charge < -0.3 is 10.3 Å². The van der Waals surface area contributed by atoms with Crippen LogP contribution in [0.15, 0.2) is 42.9 Å². The molecule has 3 rings (SSSR count). The van der Waals surface area contributed by atoms with Gasteiger partial charge in [0.15, 0.2) is 0 Å². The van der Waals surface area contributed by atoms with Gasteiger partial charge >= 0.3 is 0 Å². The smallest absolute Gasteiger partial charge is 0.139 e. The Labute approximate surface area is 105 Å². The second-order valence-electron chi connectivity index (χ2n) is 4.39. The number of aromatic nitrogens is 4. The predicted molar refractivity (Wildman–Crippen MR) is 71.4 cm³/mol. The maximum Gasteiger partial charge on any atom is 0.139 e. The molecule has 1 unspecified atom stereocenters. The van der Waals surface area contributed by atoms with Crippen molar-refractivity contribution in [3.8, 4) is 0 Å². The molecule has 0 aliphatic rings. The monoisotopic (exact) mass is 241 g/mol. The average Bonchev–Trinajstić information content (AvgIpc) is 2.98. The number of hydrogen-bond donors (Lipinski definition) is 2. The summed E-state index contributed by atoms with van der Waals surface area (Å²) in [7, 11) is 0. The van der Waals surface area contributed by atoms with Gasteiger partial charge in [0, 0.05) is 30.0 Å². The standard InChI is InChI=1S/C13H15N5/c1-10(9-18-8-2-6-15-18)16-12-4-3-11-5-7-14-13(11)17-12/h2-8,10H,9H2,1H3,(H2,14,16,17). The van der Waals surface area contributed by atoms with Gasteiger partial charge in [-0.1, -0.05) is 0 Å². The maximum atomic E-state index is 4.51. The van der Waals surface area contributed by atoms with E-state index in [0.29, 0.717) is 0 Å². The van der Waals surface area contributed by atoms with E-state index in [1.807, 2.05) is 35.3 Å². The van der Waals surface area contributed by atoms with Crippen LogP contribution in [0.3, 0.4) is 0 Å². The van der Waals surface area contributed by atoms with Gasteiger partial charge in [-0.25, -0.2) is 4.98 Å². The lowest BCUT2D eigenvalue weighted by Gasteiger charge is -2.14. The van der Waals surface area contributed by atoms with Crippen LogP contribution < -0.4 is 5.32 Å². The van der Waals surface area contributed by atoms with Crippen molar-refractivity contribution in [2.45, 2.75) is 19.5 Å². The molecule has 0 saturated heterocycles. The Bertz CT molecular complexity index is 626. The second kappa shape index (κ2) is 4.52. The van der Waals surface area contributed by atoms with Crippen molar-refractivity contribution in [1.29, 1.82) is 0 Å². The third-order valence-corrected chi connectivity index (χ3v) is 2.82. The summed E-state index contributed by atoms with van der Waals surface area (Å²) in [6.45, 7) is 2.93. The summed E-state index contributed by atoms with van der Waals surface area (Å²) >= 11 is 0. The van der Waals surface area contributed by atoms with E-state index in [4.69, 9.17) is 0 Å². The van der Waals surface area contributed by atoms with E-state index in [-0.39, 0.29) is 6.04 Å². The van der Waals surface area contributed by atoms with Crippen LogP contribution in [0, 0.1) is 0 Å². The lowest BCUT2D eigenvalue weighted by Crippen LogP contribution is -2.22. The number of pyridine rings is 1. The summed E-state index contributed by atoms with van der Waals surface area (Å²) in [6.07, 6.45) is 5.64. The number of hydrogen-bond acceptors (Lipinski definition) is 3. The van der Waals surface area contributed by atoms with Gasteiger partial charge in [-0.15, -0.1) is 0 Å². The van der Waals surface area contributed by atoms with E-state index in [9.17, 15) is 0 Å². The van der Waals surface area contributed by atoms with E-state index in [1.54, 1.807) is 6.20 Å². The first kappa shape index (κ1) is 10.8. The van der Waals surface area contributed by atoms with Crippen LogP contribution >= 0.6 is 0 Å². The molecule has 2 N–H and O–H groups in total. The highest BCUT2D eigenvalue weighted by Gasteiger charge is 2.05. The quantitative estimate of drug-likeness (QED) is 0.736. The molecule has 0 saturated carbocycles. The second-order valence-corrected chi connectivity index (χ2v) is 4.39. The zero-order valence-electron chi connectivity index (χ0n) is 10.2. The Kier molecular flexibility index (Phi) is 2.72. The molecule has 0 aliphatic heterocycles. The molecule has 0 bridgehead atoms. The molecule has 0 radical (unpaired) electrons. The number of nitrogens with one attached hydrogen (secondary N) is 2. The first-order chi connectivity index (χ1) is 8.81. The molecule has 3 aromatic heterocycles. The van der Waals surface area contributed by atoms with Crippen LogP contribution in [-0.4, -0.2) is 25.8 Å². The average molecular weight is 241 g/mol. The van der Waals surface area contributed by atoms with E-state index < -0.39 is 0 Å². The minimum atomic E-state index is 0.268. The highest BCUT2D eigenvalue weighted by Crippen LogP contribution is 2.14. The zero-order valence-corrected chi connectivity index (χ0v) is 10.2. The Morgan fingerprint density at radius 3 is 3.17 bits per heavy atom. The number of H-pyrrole nitrogens is 1. The minimum absolute atomic E-state index is 0.268. The molecule has 3 aromatic rings. The van der Waals surface area contributed by atoms with Gasteiger partial charge in [-0.05, 0) is 31.2 Å². The maximum absolute atomic E-state index is 4.51. The molecule has 0 aliphatic carbocycles. The van der Waals surface area contributed by atoms with Gasteiger partial charge in [0.25, 0.3) is 0 Å². The molecule has 5 nitrogen and oxygen atoms in total.